The molecule has 3 rings (SSSR count). The van der Waals surface area contributed by atoms with Crippen molar-refractivity contribution in [3.63, 3.8) is 0 Å². The van der Waals surface area contributed by atoms with Crippen LogP contribution < -0.4 is 5.73 Å². The molecule has 8 unspecified atom stereocenters. The Morgan fingerprint density at radius 3 is 2.15 bits per heavy atom. The molecule has 2 bridgehead atoms. The van der Waals surface area contributed by atoms with E-state index in [0.717, 1.165) is 47.7 Å². The number of nitrogens with two attached hydrogens (primary N) is 1. The minimum atomic E-state index is -0.497. The maximum absolute atomic E-state index is 7.01. The first-order valence-corrected chi connectivity index (χ1v) is 10.9. The maximum Gasteiger partial charge on any atom is 0.110 e. The van der Waals surface area contributed by atoms with Crippen LogP contribution in [0.5, 0.6) is 0 Å². The van der Waals surface area contributed by atoms with Crippen LogP contribution in [0.2, 0.25) is 0 Å². The van der Waals surface area contributed by atoms with E-state index >= 15 is 0 Å². The Hall–Kier alpha value is -0.500. The summed E-state index contributed by atoms with van der Waals surface area (Å²) in [6.07, 6.45) is 5.22. The summed E-state index contributed by atoms with van der Waals surface area (Å²) in [5.74, 6) is 6.02. The van der Waals surface area contributed by atoms with E-state index in [2.05, 4.69) is 62.0 Å². The average molecular weight is 362 g/mol. The molecule has 0 radical (unpaired) electrons. The number of ether oxygens (including phenoxy) is 1. The smallest absolute Gasteiger partial charge is 0.110 e. The molecule has 2 nitrogen and oxygen atoms in total. The topological polar surface area (TPSA) is 35.2 Å². The monoisotopic (exact) mass is 361 g/mol. The van der Waals surface area contributed by atoms with E-state index in [1.165, 1.54) is 19.3 Å². The standard InChI is InChI=1S/C24H43NO/c1-14-10-19-18-11-17(21(19)15(14)2)12-20(18)26-16(3)24(25,23(7,8)9)13-22(4,5)6/h14-15,17-21H,3,10-13,25H2,1-2,4-9H3. The van der Waals surface area contributed by atoms with Gasteiger partial charge in [0.05, 0.1) is 5.54 Å². The summed E-state index contributed by atoms with van der Waals surface area (Å²) in [4.78, 5) is 0. The van der Waals surface area contributed by atoms with Gasteiger partial charge in [0.1, 0.15) is 11.9 Å². The van der Waals surface area contributed by atoms with Gasteiger partial charge >= 0.3 is 0 Å². The van der Waals surface area contributed by atoms with E-state index in [1.807, 2.05) is 0 Å². The number of fused-ring (bicyclic) bond motifs is 5. The second-order valence-electron chi connectivity index (χ2n) is 12.2. The van der Waals surface area contributed by atoms with Crippen molar-refractivity contribution in [2.45, 2.75) is 92.7 Å². The Bertz CT molecular complexity index is 554. The number of hydrogen-bond donors (Lipinski definition) is 1. The first kappa shape index (κ1) is 20.2. The highest BCUT2D eigenvalue weighted by Crippen LogP contribution is 2.63. The van der Waals surface area contributed by atoms with Gasteiger partial charge in [-0.2, -0.15) is 0 Å². The maximum atomic E-state index is 7.01. The van der Waals surface area contributed by atoms with Crippen LogP contribution >= 0.6 is 0 Å². The van der Waals surface area contributed by atoms with Gasteiger partial charge in [-0.05, 0) is 72.0 Å². The molecule has 3 saturated carbocycles. The van der Waals surface area contributed by atoms with Crippen molar-refractivity contribution in [1.29, 1.82) is 0 Å². The van der Waals surface area contributed by atoms with Crippen LogP contribution in [0, 0.1) is 46.3 Å². The molecule has 0 aromatic rings. The van der Waals surface area contributed by atoms with Crippen LogP contribution in [0.1, 0.15) is 81.1 Å². The molecule has 2 N–H and O–H groups in total. The molecule has 0 spiro atoms. The van der Waals surface area contributed by atoms with E-state index in [-0.39, 0.29) is 10.8 Å². The molecule has 26 heavy (non-hydrogen) atoms. The summed E-state index contributed by atoms with van der Waals surface area (Å²) in [7, 11) is 0. The molecule has 0 aromatic heterocycles. The van der Waals surface area contributed by atoms with Crippen molar-refractivity contribution < 1.29 is 4.74 Å². The van der Waals surface area contributed by atoms with E-state index in [1.54, 1.807) is 0 Å². The van der Waals surface area contributed by atoms with E-state index in [4.69, 9.17) is 10.5 Å². The van der Waals surface area contributed by atoms with Crippen LogP contribution in [0.4, 0.5) is 0 Å². The fourth-order valence-corrected chi connectivity index (χ4v) is 6.69. The molecular weight excluding hydrogens is 318 g/mol. The van der Waals surface area contributed by atoms with Crippen molar-refractivity contribution >= 4 is 0 Å². The number of hydrogen-bond acceptors (Lipinski definition) is 2. The highest BCUT2D eigenvalue weighted by molar-refractivity contribution is 5.18. The van der Waals surface area contributed by atoms with Crippen molar-refractivity contribution in [3.05, 3.63) is 12.3 Å². The fraction of sp³-hybridized carbons (Fsp3) is 0.917. The molecule has 0 amide bonds. The van der Waals surface area contributed by atoms with Gasteiger partial charge in [0.15, 0.2) is 0 Å². The van der Waals surface area contributed by atoms with Gasteiger partial charge in [-0.15, -0.1) is 0 Å². The summed E-state index contributed by atoms with van der Waals surface area (Å²) < 4.78 is 6.64. The van der Waals surface area contributed by atoms with Gasteiger partial charge in [0, 0.05) is 0 Å². The van der Waals surface area contributed by atoms with E-state index in [9.17, 15) is 0 Å². The molecule has 0 aromatic carbocycles. The third-order valence-corrected chi connectivity index (χ3v) is 8.26. The lowest BCUT2D eigenvalue weighted by Gasteiger charge is -2.47. The highest BCUT2D eigenvalue weighted by Gasteiger charge is 2.59. The highest BCUT2D eigenvalue weighted by atomic mass is 16.5. The molecule has 2 heteroatoms. The molecule has 8 atom stereocenters. The average Bonchev–Trinajstić information content (AvgIpc) is 3.08. The van der Waals surface area contributed by atoms with Gasteiger partial charge in [-0.3, -0.25) is 0 Å². The molecule has 0 heterocycles. The van der Waals surface area contributed by atoms with Gasteiger partial charge < -0.3 is 10.5 Å². The van der Waals surface area contributed by atoms with Crippen molar-refractivity contribution in [3.8, 4) is 0 Å². The van der Waals surface area contributed by atoms with Gasteiger partial charge in [-0.1, -0.05) is 62.0 Å². The predicted molar refractivity (Wildman–Crippen MR) is 111 cm³/mol. The van der Waals surface area contributed by atoms with Crippen LogP contribution in [0.25, 0.3) is 0 Å². The molecule has 3 aliphatic rings. The van der Waals surface area contributed by atoms with Gasteiger partial charge in [0.2, 0.25) is 0 Å². The number of rotatable bonds is 4. The summed E-state index contributed by atoms with van der Waals surface area (Å²) in [6, 6.07) is 0. The lowest BCUT2D eigenvalue weighted by molar-refractivity contribution is -0.0121. The molecule has 0 aliphatic heterocycles. The first-order valence-electron chi connectivity index (χ1n) is 10.9. The summed E-state index contributed by atoms with van der Waals surface area (Å²) in [6.45, 7) is 22.8. The summed E-state index contributed by atoms with van der Waals surface area (Å²) in [5, 5.41) is 0. The molecule has 3 fully saturated rings. The molecule has 3 aliphatic carbocycles. The second-order valence-corrected chi connectivity index (χ2v) is 12.2. The normalized spacial score (nSPS) is 41.8. The fourth-order valence-electron chi connectivity index (χ4n) is 6.69. The molecule has 0 saturated heterocycles. The third-order valence-electron chi connectivity index (χ3n) is 8.26. The Morgan fingerprint density at radius 1 is 1.00 bits per heavy atom. The first-order chi connectivity index (χ1) is 11.7. The van der Waals surface area contributed by atoms with E-state index < -0.39 is 5.54 Å². The Morgan fingerprint density at radius 2 is 1.62 bits per heavy atom. The van der Waals surface area contributed by atoms with Crippen LogP contribution in [0.3, 0.4) is 0 Å². The van der Waals surface area contributed by atoms with E-state index in [0.29, 0.717) is 6.10 Å². The van der Waals surface area contributed by atoms with Crippen LogP contribution in [-0.2, 0) is 4.74 Å². The molecular formula is C24H43NO. The van der Waals surface area contributed by atoms with Crippen molar-refractivity contribution in [2.24, 2.45) is 52.1 Å². The zero-order chi connectivity index (χ0) is 19.7. The lowest BCUT2D eigenvalue weighted by atomic mass is 9.65. The van der Waals surface area contributed by atoms with Crippen molar-refractivity contribution in [1.82, 2.24) is 0 Å². The third kappa shape index (κ3) is 3.25. The zero-order valence-electron chi connectivity index (χ0n) is 18.6. The SMILES string of the molecule is C=C(OC1CC2CC1C1CC(C)C(C)C21)C(N)(CC(C)(C)C)C(C)(C)C. The molecule has 150 valence electrons. The zero-order valence-corrected chi connectivity index (χ0v) is 18.6. The second kappa shape index (κ2) is 6.26. The van der Waals surface area contributed by atoms with Crippen LogP contribution in [-0.4, -0.2) is 11.6 Å². The summed E-state index contributed by atoms with van der Waals surface area (Å²) in [5.41, 5.74) is 6.58. The predicted octanol–water partition coefficient (Wildman–Crippen LogP) is 6.01. The quantitative estimate of drug-likeness (QED) is 0.622. The van der Waals surface area contributed by atoms with Crippen molar-refractivity contribution in [2.75, 3.05) is 0 Å². The Kier molecular flexibility index (Phi) is 4.87. The largest absolute Gasteiger partial charge is 0.493 e. The minimum absolute atomic E-state index is 0.0755. The lowest BCUT2D eigenvalue weighted by Crippen LogP contribution is -2.56. The minimum Gasteiger partial charge on any atom is -0.493 e. The Balaban J connectivity index is 1.74. The Labute approximate surface area is 162 Å². The summed E-state index contributed by atoms with van der Waals surface area (Å²) >= 11 is 0. The van der Waals surface area contributed by atoms with Gasteiger partial charge in [0.25, 0.3) is 0 Å². The van der Waals surface area contributed by atoms with Gasteiger partial charge in [-0.25, -0.2) is 0 Å². The van der Waals surface area contributed by atoms with Crippen LogP contribution in [0.15, 0.2) is 12.3 Å².